The Morgan fingerprint density at radius 1 is 1.31 bits per heavy atom. The van der Waals surface area contributed by atoms with Crippen molar-refractivity contribution >= 4 is 39.6 Å². The fourth-order valence-electron chi connectivity index (χ4n) is 6.17. The van der Waals surface area contributed by atoms with E-state index in [2.05, 4.69) is 34.4 Å². The van der Waals surface area contributed by atoms with E-state index >= 15 is 0 Å². The second-order valence-corrected chi connectivity index (χ2v) is 12.1. The highest BCUT2D eigenvalue weighted by molar-refractivity contribution is 9.09. The molecule has 3 heterocycles. The summed E-state index contributed by atoms with van der Waals surface area (Å²) in [5.41, 5.74) is -1.24. The van der Waals surface area contributed by atoms with Gasteiger partial charge in [-0.25, -0.2) is 0 Å². The van der Waals surface area contributed by atoms with Crippen molar-refractivity contribution in [2.45, 2.75) is 94.1 Å². The van der Waals surface area contributed by atoms with E-state index < -0.39 is 47.7 Å². The highest BCUT2D eigenvalue weighted by Crippen LogP contribution is 2.60. The first-order chi connectivity index (χ1) is 18.5. The van der Waals surface area contributed by atoms with E-state index in [1.165, 1.54) is 4.90 Å². The Bertz CT molecular complexity index is 971. The van der Waals surface area contributed by atoms with Gasteiger partial charge in [0.15, 0.2) is 0 Å². The predicted octanol–water partition coefficient (Wildman–Crippen LogP) is 1.94. The molecule has 3 amide bonds. The van der Waals surface area contributed by atoms with Crippen LogP contribution < -0.4 is 5.32 Å². The smallest absolute Gasteiger partial charge is 0.312 e. The molecule has 39 heavy (non-hydrogen) atoms. The number of carbonyl (C=O) groups is 4. The number of amides is 3. The van der Waals surface area contributed by atoms with Crippen LogP contribution in [0.15, 0.2) is 25.3 Å². The first-order valence-corrected chi connectivity index (χ1v) is 14.6. The van der Waals surface area contributed by atoms with Gasteiger partial charge in [0, 0.05) is 23.8 Å². The van der Waals surface area contributed by atoms with Gasteiger partial charge in [0.1, 0.15) is 17.7 Å². The van der Waals surface area contributed by atoms with E-state index in [1.807, 2.05) is 20.8 Å². The zero-order chi connectivity index (χ0) is 29.1. The van der Waals surface area contributed by atoms with E-state index in [-0.39, 0.29) is 48.3 Å². The topological polar surface area (TPSA) is 125 Å². The fraction of sp³-hybridized carbons (Fsp3) is 0.714. The lowest BCUT2D eigenvalue weighted by molar-refractivity contribution is -0.160. The molecular weight excluding hydrogens is 570 g/mol. The Morgan fingerprint density at radius 2 is 2.00 bits per heavy atom. The SMILES string of the molecule is C=CCCC(=O)NC[C@@H](C)OC(=O)[C@H]1[C@@H]2O[C@@]3(CC2Br)[C@@H]1C(=O)N([C@@H](CC)CO)[C@@H]3C(=O)N(CC=C)C(C)C. The molecular formula is C28H42BrN3O7. The maximum Gasteiger partial charge on any atom is 0.312 e. The molecule has 3 saturated heterocycles. The van der Waals surface area contributed by atoms with Crippen LogP contribution in [0, 0.1) is 11.8 Å². The molecule has 0 radical (unpaired) electrons. The van der Waals surface area contributed by atoms with Gasteiger partial charge in [-0.05, 0) is 40.0 Å². The number of fused-ring (bicyclic) bond motifs is 1. The second kappa shape index (κ2) is 13.0. The molecule has 3 aliphatic rings. The number of hydrogen-bond donors (Lipinski definition) is 2. The molecule has 3 aliphatic heterocycles. The number of likely N-dealkylation sites (tertiary alicyclic amines) is 1. The maximum atomic E-state index is 14.1. The molecule has 3 fully saturated rings. The molecule has 0 saturated carbocycles. The Balaban J connectivity index is 1.92. The number of alkyl halides is 1. The highest BCUT2D eigenvalue weighted by atomic mass is 79.9. The number of carbonyl (C=O) groups excluding carboxylic acids is 4. The lowest BCUT2D eigenvalue weighted by Crippen LogP contribution is -2.60. The number of aliphatic hydroxyl groups excluding tert-OH is 1. The molecule has 0 aromatic rings. The van der Waals surface area contributed by atoms with Crippen LogP contribution >= 0.6 is 15.9 Å². The molecule has 10 nitrogen and oxygen atoms in total. The van der Waals surface area contributed by atoms with Crippen molar-refractivity contribution in [1.29, 1.82) is 0 Å². The normalized spacial score (nSPS) is 30.6. The summed E-state index contributed by atoms with van der Waals surface area (Å²) in [6.07, 6.45) is 3.63. The lowest BCUT2D eigenvalue weighted by atomic mass is 9.70. The van der Waals surface area contributed by atoms with Crippen LogP contribution in [0.5, 0.6) is 0 Å². The first-order valence-electron chi connectivity index (χ1n) is 13.7. The average molecular weight is 613 g/mol. The van der Waals surface area contributed by atoms with E-state index in [0.717, 1.165) is 0 Å². The zero-order valence-electron chi connectivity index (χ0n) is 23.3. The molecule has 0 aromatic carbocycles. The molecule has 2 bridgehead atoms. The third kappa shape index (κ3) is 5.81. The lowest BCUT2D eigenvalue weighted by Gasteiger charge is -2.40. The van der Waals surface area contributed by atoms with Crippen molar-refractivity contribution in [3.63, 3.8) is 0 Å². The Morgan fingerprint density at radius 3 is 2.56 bits per heavy atom. The van der Waals surface area contributed by atoms with Gasteiger partial charge in [0.05, 0.1) is 37.1 Å². The molecule has 3 rings (SSSR count). The van der Waals surface area contributed by atoms with Gasteiger partial charge in [-0.15, -0.1) is 13.2 Å². The monoisotopic (exact) mass is 611 g/mol. The average Bonchev–Trinajstić information content (AvgIpc) is 3.48. The van der Waals surface area contributed by atoms with Gasteiger partial charge in [0.2, 0.25) is 17.7 Å². The van der Waals surface area contributed by atoms with Crippen molar-refractivity contribution in [3.05, 3.63) is 25.3 Å². The van der Waals surface area contributed by atoms with Gasteiger partial charge >= 0.3 is 5.97 Å². The maximum absolute atomic E-state index is 14.1. The van der Waals surface area contributed by atoms with Crippen molar-refractivity contribution in [3.8, 4) is 0 Å². The number of hydrogen-bond acceptors (Lipinski definition) is 7. The number of rotatable bonds is 14. The summed E-state index contributed by atoms with van der Waals surface area (Å²) in [5.74, 6) is -3.31. The number of halogens is 1. The van der Waals surface area contributed by atoms with Crippen LogP contribution in [0.1, 0.15) is 53.4 Å². The van der Waals surface area contributed by atoms with Gasteiger partial charge in [-0.3, -0.25) is 19.2 Å². The van der Waals surface area contributed by atoms with Crippen molar-refractivity contribution in [1.82, 2.24) is 15.1 Å². The molecule has 0 aliphatic carbocycles. The Labute approximate surface area is 239 Å². The van der Waals surface area contributed by atoms with E-state index in [4.69, 9.17) is 9.47 Å². The Kier molecular flexibility index (Phi) is 10.4. The summed E-state index contributed by atoms with van der Waals surface area (Å²) >= 11 is 3.64. The zero-order valence-corrected chi connectivity index (χ0v) is 24.9. The van der Waals surface area contributed by atoms with Crippen LogP contribution in [0.2, 0.25) is 0 Å². The summed E-state index contributed by atoms with van der Waals surface area (Å²) in [6.45, 7) is 14.8. The third-order valence-corrected chi connectivity index (χ3v) is 8.87. The molecule has 1 unspecified atom stereocenters. The molecule has 11 heteroatoms. The largest absolute Gasteiger partial charge is 0.460 e. The molecule has 218 valence electrons. The molecule has 8 atom stereocenters. The van der Waals surface area contributed by atoms with Crippen LogP contribution in [0.4, 0.5) is 0 Å². The summed E-state index contributed by atoms with van der Waals surface area (Å²) < 4.78 is 12.2. The third-order valence-electron chi connectivity index (χ3n) is 8.02. The summed E-state index contributed by atoms with van der Waals surface area (Å²) in [5, 5.41) is 12.9. The van der Waals surface area contributed by atoms with Crippen molar-refractivity contribution in [2.24, 2.45) is 11.8 Å². The predicted molar refractivity (Wildman–Crippen MR) is 149 cm³/mol. The number of nitrogens with one attached hydrogen (secondary N) is 1. The number of aliphatic hydroxyl groups is 1. The van der Waals surface area contributed by atoms with Gasteiger partial charge in [-0.2, -0.15) is 0 Å². The van der Waals surface area contributed by atoms with Crippen molar-refractivity contribution < 1.29 is 33.8 Å². The van der Waals surface area contributed by atoms with E-state index in [0.29, 0.717) is 25.7 Å². The van der Waals surface area contributed by atoms with Gasteiger partial charge in [0.25, 0.3) is 0 Å². The van der Waals surface area contributed by atoms with E-state index in [9.17, 15) is 24.3 Å². The van der Waals surface area contributed by atoms with Crippen molar-refractivity contribution in [2.75, 3.05) is 19.7 Å². The van der Waals surface area contributed by atoms with Crippen LogP contribution in [-0.4, -0.2) is 99.1 Å². The summed E-state index contributed by atoms with van der Waals surface area (Å²) in [6, 6.07) is -1.78. The number of ether oxygens (including phenoxy) is 2. The minimum Gasteiger partial charge on any atom is -0.460 e. The quantitative estimate of drug-likeness (QED) is 0.175. The van der Waals surface area contributed by atoms with Gasteiger partial charge in [-0.1, -0.05) is 35.0 Å². The minimum absolute atomic E-state index is 0.127. The number of allylic oxidation sites excluding steroid dienone is 1. The number of esters is 1. The standard InChI is InChI=1S/C28H42BrN3O7/c1-7-10-11-20(34)30-14-17(6)38-27(37)21-22-25(35)32(18(9-3)15-33)24(26(36)31(12-8-2)16(4)5)28(22)13-19(29)23(21)39-28/h7-8,16-19,21-24,33H,1-2,9-15H2,3-6H3,(H,30,34)/t17-,18+,19?,21-,22+,23-,24-,28+/m1/s1. The van der Waals surface area contributed by atoms with Crippen LogP contribution in [0.3, 0.4) is 0 Å². The van der Waals surface area contributed by atoms with Crippen LogP contribution in [-0.2, 0) is 28.7 Å². The van der Waals surface area contributed by atoms with Crippen LogP contribution in [0.25, 0.3) is 0 Å². The number of nitrogens with zero attached hydrogens (tertiary/aromatic N) is 2. The fourth-order valence-corrected chi connectivity index (χ4v) is 7.11. The second-order valence-electron chi connectivity index (χ2n) is 10.9. The van der Waals surface area contributed by atoms with E-state index in [1.54, 1.807) is 24.0 Å². The summed E-state index contributed by atoms with van der Waals surface area (Å²) in [4.78, 5) is 56.5. The molecule has 2 N–H and O–H groups in total. The molecule has 0 aromatic heterocycles. The minimum atomic E-state index is -1.24. The Hall–Kier alpha value is -2.24. The summed E-state index contributed by atoms with van der Waals surface area (Å²) in [7, 11) is 0. The molecule has 1 spiro atoms. The van der Waals surface area contributed by atoms with Gasteiger partial charge < -0.3 is 29.7 Å². The first kappa shape index (κ1) is 31.3. The highest BCUT2D eigenvalue weighted by Gasteiger charge is 2.77.